The van der Waals surface area contributed by atoms with Crippen LogP contribution in [0.15, 0.2) is 24.4 Å². The molecule has 1 fully saturated rings. The second kappa shape index (κ2) is 7.74. The molecule has 7 heteroatoms. The average molecular weight is 349 g/mol. The fraction of sp³-hybridized carbons (Fsp3) is 0.444. The van der Waals surface area contributed by atoms with Gasteiger partial charge in [0.25, 0.3) is 5.91 Å². The molecule has 2 aromatic rings. The molecule has 1 heterocycles. The molecule has 1 aliphatic rings. The number of carbonyl (C=O) groups is 1. The van der Waals surface area contributed by atoms with Crippen LogP contribution >= 0.6 is 0 Å². The minimum absolute atomic E-state index is 0.0242. The van der Waals surface area contributed by atoms with E-state index in [1.54, 1.807) is 13.1 Å². The largest absolute Gasteiger partial charge is 0.368 e. The molecule has 0 saturated heterocycles. The highest BCUT2D eigenvalue weighted by Crippen LogP contribution is 2.21. The van der Waals surface area contributed by atoms with E-state index in [9.17, 15) is 13.6 Å². The molecule has 5 nitrogen and oxygen atoms in total. The van der Waals surface area contributed by atoms with Crippen molar-refractivity contribution in [3.8, 4) is 0 Å². The number of nitrogens with one attached hydrogen (secondary N) is 1. The normalized spacial score (nSPS) is 14.8. The predicted octanol–water partition coefficient (Wildman–Crippen LogP) is 3.42. The van der Waals surface area contributed by atoms with Crippen LogP contribution in [0.4, 0.5) is 14.6 Å². The molecule has 1 amide bonds. The van der Waals surface area contributed by atoms with Crippen LogP contribution in [0.5, 0.6) is 0 Å². The van der Waals surface area contributed by atoms with Crippen molar-refractivity contribution in [1.82, 2.24) is 9.78 Å². The van der Waals surface area contributed by atoms with Gasteiger partial charge in [0.15, 0.2) is 0 Å². The smallest absolute Gasteiger partial charge is 0.251 e. The molecule has 1 N–H and O–H groups in total. The number of hydrogen-bond donors (Lipinski definition) is 1. The zero-order valence-corrected chi connectivity index (χ0v) is 14.1. The van der Waals surface area contributed by atoms with Crippen molar-refractivity contribution in [2.75, 3.05) is 11.9 Å². The van der Waals surface area contributed by atoms with Gasteiger partial charge in [0, 0.05) is 11.1 Å². The third kappa shape index (κ3) is 4.42. The Balaban J connectivity index is 1.66. The number of hydrogen-bond acceptors (Lipinski definition) is 3. The van der Waals surface area contributed by atoms with E-state index in [1.165, 1.54) is 4.68 Å². The molecule has 1 aliphatic carbocycles. The molecule has 0 atom stereocenters. The van der Waals surface area contributed by atoms with Gasteiger partial charge in [0.2, 0.25) is 0 Å². The monoisotopic (exact) mass is 349 g/mol. The molecular formula is C18H21F2N3O2. The maximum Gasteiger partial charge on any atom is 0.251 e. The summed E-state index contributed by atoms with van der Waals surface area (Å²) >= 11 is 0. The summed E-state index contributed by atoms with van der Waals surface area (Å²) in [5.74, 6) is -0.854. The van der Waals surface area contributed by atoms with E-state index < -0.39 is 11.6 Å². The third-order valence-corrected chi connectivity index (χ3v) is 4.36. The van der Waals surface area contributed by atoms with Crippen LogP contribution in [0.1, 0.15) is 36.8 Å². The number of anilines is 1. The van der Waals surface area contributed by atoms with Crippen molar-refractivity contribution < 1.29 is 18.3 Å². The Morgan fingerprint density at radius 2 is 2.12 bits per heavy atom. The van der Waals surface area contributed by atoms with Crippen molar-refractivity contribution in [3.63, 3.8) is 0 Å². The summed E-state index contributed by atoms with van der Waals surface area (Å²) in [4.78, 5) is 12.1. The van der Waals surface area contributed by atoms with Crippen LogP contribution < -0.4 is 5.32 Å². The average Bonchev–Trinajstić information content (AvgIpc) is 3.21. The lowest BCUT2D eigenvalue weighted by molar-refractivity contribution is -0.122. The van der Waals surface area contributed by atoms with E-state index in [-0.39, 0.29) is 30.7 Å². The Labute approximate surface area is 145 Å². The summed E-state index contributed by atoms with van der Waals surface area (Å²) in [6.45, 7) is 1.79. The molecule has 1 saturated carbocycles. The standard InChI is InChI=1S/C18H21F2N3O2/c1-12-9-21-23(10-13-8-14(19)6-7-16(13)20)18(12)22-17(24)11-25-15-4-2-3-5-15/h6-9,15H,2-5,10-11H2,1H3,(H,22,24). The number of amides is 1. The number of aryl methyl sites for hydroxylation is 1. The Bertz CT molecular complexity index is 755. The molecule has 134 valence electrons. The maximum atomic E-state index is 13.8. The summed E-state index contributed by atoms with van der Waals surface area (Å²) in [6.07, 6.45) is 5.98. The molecule has 1 aromatic carbocycles. The van der Waals surface area contributed by atoms with Crippen molar-refractivity contribution >= 4 is 11.7 Å². The topological polar surface area (TPSA) is 56.2 Å². The minimum Gasteiger partial charge on any atom is -0.368 e. The van der Waals surface area contributed by atoms with Crippen molar-refractivity contribution in [3.05, 3.63) is 47.2 Å². The van der Waals surface area contributed by atoms with Gasteiger partial charge in [-0.1, -0.05) is 12.8 Å². The fourth-order valence-electron chi connectivity index (χ4n) is 3.00. The summed E-state index contributed by atoms with van der Waals surface area (Å²) in [5, 5.41) is 6.90. The molecule has 0 bridgehead atoms. The Morgan fingerprint density at radius 3 is 2.88 bits per heavy atom. The fourth-order valence-corrected chi connectivity index (χ4v) is 3.00. The van der Waals surface area contributed by atoms with E-state index in [2.05, 4.69) is 10.4 Å². The Morgan fingerprint density at radius 1 is 1.36 bits per heavy atom. The number of benzene rings is 1. The van der Waals surface area contributed by atoms with E-state index in [4.69, 9.17) is 4.74 Å². The van der Waals surface area contributed by atoms with Gasteiger partial charge in [-0.3, -0.25) is 4.79 Å². The van der Waals surface area contributed by atoms with E-state index in [0.29, 0.717) is 5.82 Å². The SMILES string of the molecule is Cc1cnn(Cc2cc(F)ccc2F)c1NC(=O)COC1CCCC1. The summed E-state index contributed by atoms with van der Waals surface area (Å²) in [5.41, 5.74) is 0.909. The third-order valence-electron chi connectivity index (χ3n) is 4.36. The molecule has 3 rings (SSSR count). The Kier molecular flexibility index (Phi) is 5.43. The molecular weight excluding hydrogens is 328 g/mol. The molecule has 0 radical (unpaired) electrons. The lowest BCUT2D eigenvalue weighted by Crippen LogP contribution is -2.24. The number of nitrogens with zero attached hydrogens (tertiary/aromatic N) is 2. The molecule has 1 aromatic heterocycles. The van der Waals surface area contributed by atoms with Gasteiger partial charge < -0.3 is 10.1 Å². The maximum absolute atomic E-state index is 13.8. The van der Waals surface area contributed by atoms with Gasteiger partial charge >= 0.3 is 0 Å². The highest BCUT2D eigenvalue weighted by atomic mass is 19.1. The van der Waals surface area contributed by atoms with E-state index >= 15 is 0 Å². The van der Waals surface area contributed by atoms with Gasteiger partial charge in [0.05, 0.1) is 18.8 Å². The van der Waals surface area contributed by atoms with Gasteiger partial charge in [-0.2, -0.15) is 5.10 Å². The summed E-state index contributed by atoms with van der Waals surface area (Å²) in [7, 11) is 0. The number of ether oxygens (including phenoxy) is 1. The minimum atomic E-state index is -0.518. The number of aromatic nitrogens is 2. The van der Waals surface area contributed by atoms with Crippen LogP contribution in [0.25, 0.3) is 0 Å². The first-order chi connectivity index (χ1) is 12.0. The molecule has 0 aliphatic heterocycles. The first-order valence-electron chi connectivity index (χ1n) is 8.40. The van der Waals surface area contributed by atoms with Crippen molar-refractivity contribution in [2.45, 2.75) is 45.3 Å². The van der Waals surface area contributed by atoms with Crippen LogP contribution in [-0.2, 0) is 16.1 Å². The molecule has 25 heavy (non-hydrogen) atoms. The highest BCUT2D eigenvalue weighted by Gasteiger charge is 2.18. The Hall–Kier alpha value is -2.28. The molecule has 0 unspecified atom stereocenters. The quantitative estimate of drug-likeness (QED) is 0.869. The van der Waals surface area contributed by atoms with Crippen molar-refractivity contribution in [1.29, 1.82) is 0 Å². The van der Waals surface area contributed by atoms with Gasteiger partial charge in [-0.25, -0.2) is 13.5 Å². The highest BCUT2D eigenvalue weighted by molar-refractivity contribution is 5.91. The van der Waals surface area contributed by atoms with Crippen LogP contribution in [-0.4, -0.2) is 28.4 Å². The van der Waals surface area contributed by atoms with E-state index in [0.717, 1.165) is 49.4 Å². The zero-order chi connectivity index (χ0) is 17.8. The predicted molar refractivity (Wildman–Crippen MR) is 89.3 cm³/mol. The second-order valence-corrected chi connectivity index (χ2v) is 6.34. The first-order valence-corrected chi connectivity index (χ1v) is 8.40. The van der Waals surface area contributed by atoms with Gasteiger partial charge in [-0.05, 0) is 38.0 Å². The van der Waals surface area contributed by atoms with Crippen molar-refractivity contribution in [2.24, 2.45) is 0 Å². The summed E-state index contributed by atoms with van der Waals surface area (Å²) in [6, 6.07) is 3.27. The lowest BCUT2D eigenvalue weighted by Gasteiger charge is -2.13. The van der Waals surface area contributed by atoms with E-state index in [1.807, 2.05) is 0 Å². The van der Waals surface area contributed by atoms with Gasteiger partial charge in [0.1, 0.15) is 24.1 Å². The van der Waals surface area contributed by atoms with Crippen LogP contribution in [0, 0.1) is 18.6 Å². The second-order valence-electron chi connectivity index (χ2n) is 6.34. The molecule has 0 spiro atoms. The van der Waals surface area contributed by atoms with Crippen LogP contribution in [0.3, 0.4) is 0 Å². The number of carbonyl (C=O) groups excluding carboxylic acids is 1. The lowest BCUT2D eigenvalue weighted by atomic mass is 10.2. The first kappa shape index (κ1) is 17.5. The zero-order valence-electron chi connectivity index (χ0n) is 14.1. The summed E-state index contributed by atoms with van der Waals surface area (Å²) < 4.78 is 34.2. The van der Waals surface area contributed by atoms with Gasteiger partial charge in [-0.15, -0.1) is 0 Å². The van der Waals surface area contributed by atoms with Crippen LogP contribution in [0.2, 0.25) is 0 Å². The number of halogens is 2. The number of rotatable bonds is 6.